The normalized spacial score (nSPS) is 13.4. The fourth-order valence-electron chi connectivity index (χ4n) is 7.89. The van der Waals surface area contributed by atoms with Gasteiger partial charge < -0.3 is 13.7 Å². The van der Waals surface area contributed by atoms with E-state index in [1.54, 1.807) is 0 Å². The molecule has 7 aromatic carbocycles. The lowest BCUT2D eigenvalue weighted by molar-refractivity contribution is 0.660. The van der Waals surface area contributed by atoms with Crippen LogP contribution in [0.5, 0.6) is 0 Å². The topological polar surface area (TPSA) is 29.5 Å². The van der Waals surface area contributed by atoms with Gasteiger partial charge in [0.15, 0.2) is 0 Å². The molecule has 0 radical (unpaired) electrons. The minimum absolute atomic E-state index is 0.0899. The summed E-state index contributed by atoms with van der Waals surface area (Å²) in [6, 6.07) is 53.9. The van der Waals surface area contributed by atoms with Gasteiger partial charge in [-0.3, -0.25) is 0 Å². The van der Waals surface area contributed by atoms with Gasteiger partial charge in [0.1, 0.15) is 22.3 Å². The van der Waals surface area contributed by atoms with E-state index in [0.717, 1.165) is 72.1 Å². The standard InChI is InChI=1S/C45H31NO2/c1-45(2)39-19-10-9-16-33(39)34-22-20-31(25-40(34)45)46(29-14-7-4-8-15-29)30-21-23-41-36(24-30)38-27-43-37(26-42(38)47-41)35-18-11-17-32(44(35)48-43)28-12-5-3-6-13-28/h3-27H,1-2H3. The molecule has 0 bridgehead atoms. The Morgan fingerprint density at radius 3 is 1.88 bits per heavy atom. The van der Waals surface area contributed by atoms with Gasteiger partial charge in [0.25, 0.3) is 0 Å². The Bertz CT molecular complexity index is 2700. The van der Waals surface area contributed by atoms with Gasteiger partial charge in [-0.2, -0.15) is 0 Å². The molecule has 2 aromatic heterocycles. The molecule has 0 aliphatic heterocycles. The van der Waals surface area contributed by atoms with Gasteiger partial charge >= 0.3 is 0 Å². The van der Waals surface area contributed by atoms with Crippen molar-refractivity contribution in [1.82, 2.24) is 0 Å². The molecule has 3 heteroatoms. The molecule has 9 aromatic rings. The first-order valence-corrected chi connectivity index (χ1v) is 16.5. The first-order chi connectivity index (χ1) is 23.5. The summed E-state index contributed by atoms with van der Waals surface area (Å²) in [7, 11) is 0. The summed E-state index contributed by atoms with van der Waals surface area (Å²) in [5.41, 5.74) is 14.3. The zero-order valence-corrected chi connectivity index (χ0v) is 26.7. The minimum atomic E-state index is -0.0899. The molecule has 1 aliphatic rings. The van der Waals surface area contributed by atoms with Crippen molar-refractivity contribution in [2.75, 3.05) is 4.90 Å². The van der Waals surface area contributed by atoms with Crippen LogP contribution in [0.2, 0.25) is 0 Å². The van der Waals surface area contributed by atoms with Crippen molar-refractivity contribution in [3.05, 3.63) is 163 Å². The molecule has 0 fully saturated rings. The number of rotatable bonds is 4. The second-order valence-electron chi connectivity index (χ2n) is 13.3. The fraction of sp³-hybridized carbons (Fsp3) is 0.0667. The number of hydrogen-bond donors (Lipinski definition) is 0. The summed E-state index contributed by atoms with van der Waals surface area (Å²) < 4.78 is 13.1. The molecule has 0 atom stereocenters. The number of benzene rings is 7. The van der Waals surface area contributed by atoms with E-state index in [4.69, 9.17) is 8.83 Å². The molecule has 0 saturated carbocycles. The molecule has 10 rings (SSSR count). The predicted molar refractivity (Wildman–Crippen MR) is 199 cm³/mol. The van der Waals surface area contributed by atoms with E-state index < -0.39 is 0 Å². The van der Waals surface area contributed by atoms with Crippen molar-refractivity contribution in [1.29, 1.82) is 0 Å². The first kappa shape index (κ1) is 27.1. The minimum Gasteiger partial charge on any atom is -0.456 e. The molecule has 3 nitrogen and oxygen atoms in total. The summed E-state index contributed by atoms with van der Waals surface area (Å²) in [4.78, 5) is 2.35. The average molecular weight is 618 g/mol. The van der Waals surface area contributed by atoms with Crippen LogP contribution in [0.25, 0.3) is 66.1 Å². The maximum atomic E-state index is 6.62. The lowest BCUT2D eigenvalue weighted by atomic mass is 9.82. The first-order valence-electron chi connectivity index (χ1n) is 16.5. The lowest BCUT2D eigenvalue weighted by Gasteiger charge is -2.28. The maximum absolute atomic E-state index is 6.62. The van der Waals surface area contributed by atoms with Crippen LogP contribution in [0.1, 0.15) is 25.0 Å². The van der Waals surface area contributed by atoms with E-state index >= 15 is 0 Å². The molecule has 0 amide bonds. The van der Waals surface area contributed by atoms with Crippen LogP contribution in [0.3, 0.4) is 0 Å². The lowest BCUT2D eigenvalue weighted by Crippen LogP contribution is -2.16. The highest BCUT2D eigenvalue weighted by Gasteiger charge is 2.35. The number of anilines is 3. The Labute approximate surface area is 278 Å². The maximum Gasteiger partial charge on any atom is 0.143 e. The molecule has 2 heterocycles. The van der Waals surface area contributed by atoms with Gasteiger partial charge in [-0.25, -0.2) is 0 Å². The third kappa shape index (κ3) is 3.88. The second kappa shape index (κ2) is 9.97. The SMILES string of the molecule is CC1(C)c2ccccc2-c2ccc(N(c3ccccc3)c3ccc4oc5cc6c(cc5c4c3)oc3c(-c4ccccc4)cccc36)cc21. The summed E-state index contributed by atoms with van der Waals surface area (Å²) in [6.07, 6.45) is 0. The van der Waals surface area contributed by atoms with Crippen molar-refractivity contribution in [2.24, 2.45) is 0 Å². The van der Waals surface area contributed by atoms with Crippen LogP contribution in [-0.4, -0.2) is 0 Å². The Balaban J connectivity index is 1.15. The number of hydrogen-bond acceptors (Lipinski definition) is 3. The number of furan rings is 2. The highest BCUT2D eigenvalue weighted by molar-refractivity contribution is 6.17. The van der Waals surface area contributed by atoms with Crippen molar-refractivity contribution in [3.63, 3.8) is 0 Å². The van der Waals surface area contributed by atoms with Gasteiger partial charge in [0, 0.05) is 49.6 Å². The largest absolute Gasteiger partial charge is 0.456 e. The van der Waals surface area contributed by atoms with Crippen molar-refractivity contribution >= 4 is 60.9 Å². The summed E-state index contributed by atoms with van der Waals surface area (Å²) >= 11 is 0. The monoisotopic (exact) mass is 617 g/mol. The quantitative estimate of drug-likeness (QED) is 0.197. The molecule has 0 N–H and O–H groups in total. The van der Waals surface area contributed by atoms with Crippen LogP contribution in [-0.2, 0) is 5.41 Å². The van der Waals surface area contributed by atoms with Gasteiger partial charge in [-0.1, -0.05) is 111 Å². The highest BCUT2D eigenvalue weighted by Crippen LogP contribution is 2.51. The molecular weight excluding hydrogens is 587 g/mol. The number of para-hydroxylation sites is 2. The van der Waals surface area contributed by atoms with Crippen LogP contribution in [0.15, 0.2) is 160 Å². The van der Waals surface area contributed by atoms with E-state index in [2.05, 4.69) is 164 Å². The fourth-order valence-corrected chi connectivity index (χ4v) is 7.89. The second-order valence-corrected chi connectivity index (χ2v) is 13.3. The third-order valence-electron chi connectivity index (χ3n) is 10.3. The van der Waals surface area contributed by atoms with Gasteiger partial charge in [0.2, 0.25) is 0 Å². The summed E-state index contributed by atoms with van der Waals surface area (Å²) in [5, 5.41) is 4.25. The zero-order chi connectivity index (χ0) is 32.0. The molecule has 0 saturated heterocycles. The van der Waals surface area contributed by atoms with Crippen LogP contribution < -0.4 is 4.90 Å². The Kier molecular flexibility index (Phi) is 5.63. The number of fused-ring (bicyclic) bond motifs is 9. The zero-order valence-electron chi connectivity index (χ0n) is 26.7. The smallest absolute Gasteiger partial charge is 0.143 e. The van der Waals surface area contributed by atoms with Crippen molar-refractivity contribution in [3.8, 4) is 22.3 Å². The van der Waals surface area contributed by atoms with Gasteiger partial charge in [0.05, 0.1) is 0 Å². The summed E-state index contributed by atoms with van der Waals surface area (Å²) in [5.74, 6) is 0. The summed E-state index contributed by atoms with van der Waals surface area (Å²) in [6.45, 7) is 4.67. The van der Waals surface area contributed by atoms with E-state index in [1.165, 1.54) is 22.3 Å². The van der Waals surface area contributed by atoms with Crippen LogP contribution in [0.4, 0.5) is 17.1 Å². The van der Waals surface area contributed by atoms with Crippen LogP contribution in [0, 0.1) is 0 Å². The Morgan fingerprint density at radius 2 is 1.04 bits per heavy atom. The molecule has 48 heavy (non-hydrogen) atoms. The van der Waals surface area contributed by atoms with Crippen LogP contribution >= 0.6 is 0 Å². The molecule has 228 valence electrons. The van der Waals surface area contributed by atoms with E-state index in [-0.39, 0.29) is 5.41 Å². The Hall–Kier alpha value is -6.06. The Morgan fingerprint density at radius 1 is 0.417 bits per heavy atom. The number of nitrogens with zero attached hydrogens (tertiary/aromatic N) is 1. The van der Waals surface area contributed by atoms with Crippen molar-refractivity contribution in [2.45, 2.75) is 19.3 Å². The highest BCUT2D eigenvalue weighted by atomic mass is 16.3. The van der Waals surface area contributed by atoms with E-state index in [0.29, 0.717) is 0 Å². The van der Waals surface area contributed by atoms with Crippen molar-refractivity contribution < 1.29 is 8.83 Å². The molecular formula is C45H31NO2. The predicted octanol–water partition coefficient (Wildman–Crippen LogP) is 12.9. The molecule has 0 spiro atoms. The molecule has 0 unspecified atom stereocenters. The van der Waals surface area contributed by atoms with E-state index in [9.17, 15) is 0 Å². The van der Waals surface area contributed by atoms with Gasteiger partial charge in [-0.05, 0) is 82.4 Å². The van der Waals surface area contributed by atoms with Gasteiger partial charge in [-0.15, -0.1) is 0 Å². The van der Waals surface area contributed by atoms with E-state index in [1.807, 2.05) is 6.07 Å². The average Bonchev–Trinajstić information content (AvgIpc) is 3.75. The molecule has 1 aliphatic carbocycles. The third-order valence-corrected chi connectivity index (χ3v) is 10.3.